The van der Waals surface area contributed by atoms with Crippen molar-refractivity contribution in [3.05, 3.63) is 98.9 Å². The molecular weight excluding hydrogens is 533 g/mol. The van der Waals surface area contributed by atoms with E-state index in [1.165, 1.54) is 0 Å². The fraction of sp³-hybridized carbons (Fsp3) is 0.115. The van der Waals surface area contributed by atoms with Crippen LogP contribution in [0.15, 0.2) is 82.1 Å². The second-order valence-corrected chi connectivity index (χ2v) is 8.81. The molecule has 2 aromatic heterocycles. The van der Waals surface area contributed by atoms with Crippen molar-refractivity contribution in [2.24, 2.45) is 0 Å². The van der Waals surface area contributed by atoms with Gasteiger partial charge in [-0.2, -0.15) is 0 Å². The zero-order chi connectivity index (χ0) is 23.7. The summed E-state index contributed by atoms with van der Waals surface area (Å²) in [4.78, 5) is 27.0. The molecule has 3 aromatic carbocycles. The summed E-state index contributed by atoms with van der Waals surface area (Å²) in [6, 6.07) is 22.9. The van der Waals surface area contributed by atoms with Crippen LogP contribution in [0.25, 0.3) is 33.3 Å². The van der Waals surface area contributed by atoms with Crippen LogP contribution < -0.4 is 5.56 Å². The summed E-state index contributed by atoms with van der Waals surface area (Å²) in [5.41, 5.74) is 3.62. The van der Waals surface area contributed by atoms with E-state index >= 15 is 0 Å². The predicted molar refractivity (Wildman–Crippen MR) is 142 cm³/mol. The topological polar surface area (TPSA) is 93.5 Å². The van der Waals surface area contributed by atoms with Crippen molar-refractivity contribution in [3.63, 3.8) is 0 Å². The molecule has 2 heterocycles. The van der Waals surface area contributed by atoms with Crippen LogP contribution >= 0.6 is 15.9 Å². The van der Waals surface area contributed by atoms with Crippen molar-refractivity contribution in [3.8, 4) is 22.5 Å². The van der Waals surface area contributed by atoms with Crippen LogP contribution in [0.5, 0.6) is 0 Å². The Morgan fingerprint density at radius 2 is 1.71 bits per heavy atom. The summed E-state index contributed by atoms with van der Waals surface area (Å²) in [5.74, 6) is 0.482. The number of tetrazole rings is 1. The third-order valence-electron chi connectivity index (χ3n) is 5.79. The van der Waals surface area contributed by atoms with Gasteiger partial charge in [0.1, 0.15) is 0 Å². The number of pyridine rings is 1. The standard InChI is InChI=1S/C26H20BrN5O2.K.H/c1-2-22(33)24-23(17-6-4-3-5-7-17)21-14-19(27)12-13-20(21)26(34)32(24)15-16-8-10-18(11-9-16)25-28-30-31-29-25;;/h3-14H,2,15H2,1H3,(H,28,29,30,31);;. The summed E-state index contributed by atoms with van der Waals surface area (Å²) >= 11 is 3.53. The number of hydrogen-bond acceptors (Lipinski definition) is 5. The molecule has 0 radical (unpaired) electrons. The molecule has 0 aliphatic heterocycles. The number of H-pyrrole nitrogens is 1. The number of Topliss-reactive ketones (excluding diaryl/α,β-unsaturated/α-hetero) is 1. The zero-order valence-corrected chi connectivity index (χ0v) is 19.9. The van der Waals surface area contributed by atoms with Crippen molar-refractivity contribution in [2.45, 2.75) is 19.9 Å². The maximum absolute atomic E-state index is 13.7. The molecule has 0 aliphatic rings. The van der Waals surface area contributed by atoms with Gasteiger partial charge < -0.3 is 0 Å². The SMILES string of the molecule is CCC(=O)c1c(-c2ccccc2)c2cc(Br)ccc2c(=O)n1Cc1ccc(-c2nnn[nH]2)cc1.[KH]. The van der Waals surface area contributed by atoms with Gasteiger partial charge in [-0.3, -0.25) is 14.2 Å². The first-order valence-corrected chi connectivity index (χ1v) is 11.6. The monoisotopic (exact) mass is 553 g/mol. The Morgan fingerprint density at radius 1 is 0.971 bits per heavy atom. The summed E-state index contributed by atoms with van der Waals surface area (Å²) in [5, 5.41) is 15.2. The molecule has 1 N–H and O–H groups in total. The predicted octanol–water partition coefficient (Wildman–Crippen LogP) is 4.60. The average molecular weight is 554 g/mol. The molecule has 0 amide bonds. The number of benzene rings is 3. The van der Waals surface area contributed by atoms with Gasteiger partial charge in [0.05, 0.1) is 12.2 Å². The van der Waals surface area contributed by atoms with Crippen LogP contribution in [0, 0.1) is 0 Å². The van der Waals surface area contributed by atoms with Crippen molar-refractivity contribution in [2.75, 3.05) is 0 Å². The fourth-order valence-corrected chi connectivity index (χ4v) is 4.52. The number of fused-ring (bicyclic) bond motifs is 1. The number of aromatic nitrogens is 5. The molecule has 170 valence electrons. The van der Waals surface area contributed by atoms with Crippen LogP contribution in [-0.4, -0.2) is 82.4 Å². The molecular formula is C26H21BrKN5O2. The van der Waals surface area contributed by atoms with Crippen LogP contribution in [0.4, 0.5) is 0 Å². The second-order valence-electron chi connectivity index (χ2n) is 7.89. The van der Waals surface area contributed by atoms with E-state index < -0.39 is 0 Å². The maximum atomic E-state index is 13.7. The molecule has 0 bridgehead atoms. The Morgan fingerprint density at radius 3 is 2.37 bits per heavy atom. The number of nitrogens with zero attached hydrogens (tertiary/aromatic N) is 4. The molecule has 5 aromatic rings. The quantitative estimate of drug-likeness (QED) is 0.245. The normalized spacial score (nSPS) is 10.8. The minimum atomic E-state index is -0.192. The molecule has 0 atom stereocenters. The van der Waals surface area contributed by atoms with Gasteiger partial charge in [-0.05, 0) is 45.1 Å². The molecule has 35 heavy (non-hydrogen) atoms. The third-order valence-corrected chi connectivity index (χ3v) is 6.29. The van der Waals surface area contributed by atoms with Gasteiger partial charge in [0.25, 0.3) is 5.56 Å². The van der Waals surface area contributed by atoms with Crippen LogP contribution in [-0.2, 0) is 6.54 Å². The zero-order valence-electron chi connectivity index (χ0n) is 18.3. The van der Waals surface area contributed by atoms with E-state index in [4.69, 9.17) is 0 Å². The van der Waals surface area contributed by atoms with Gasteiger partial charge in [-0.15, -0.1) is 5.10 Å². The van der Waals surface area contributed by atoms with Crippen molar-refractivity contribution in [1.29, 1.82) is 0 Å². The van der Waals surface area contributed by atoms with Gasteiger partial charge in [-0.25, -0.2) is 5.10 Å². The molecule has 7 nitrogen and oxygen atoms in total. The number of nitrogens with one attached hydrogen (secondary N) is 1. The van der Waals surface area contributed by atoms with Crippen LogP contribution in [0.3, 0.4) is 0 Å². The van der Waals surface area contributed by atoms with E-state index in [0.717, 1.165) is 32.1 Å². The molecule has 0 unspecified atom stereocenters. The first-order chi connectivity index (χ1) is 16.6. The number of aromatic amines is 1. The summed E-state index contributed by atoms with van der Waals surface area (Å²) in [7, 11) is 0. The molecule has 0 aliphatic carbocycles. The molecule has 5 rings (SSSR count). The first kappa shape index (κ1) is 25.8. The van der Waals surface area contributed by atoms with Crippen LogP contribution in [0.2, 0.25) is 0 Å². The molecule has 0 spiro atoms. The van der Waals surface area contributed by atoms with E-state index in [1.54, 1.807) is 4.57 Å². The molecule has 0 saturated heterocycles. The van der Waals surface area contributed by atoms with E-state index in [9.17, 15) is 9.59 Å². The van der Waals surface area contributed by atoms with Gasteiger partial charge in [-0.1, -0.05) is 77.5 Å². The van der Waals surface area contributed by atoms with E-state index in [1.807, 2.05) is 79.7 Å². The van der Waals surface area contributed by atoms with Crippen molar-refractivity contribution in [1.82, 2.24) is 25.2 Å². The van der Waals surface area contributed by atoms with Crippen molar-refractivity contribution >= 4 is 83.9 Å². The number of ketones is 1. The number of carbonyl (C=O) groups is 1. The summed E-state index contributed by atoms with van der Waals surface area (Å²) in [6.45, 7) is 2.08. The van der Waals surface area contributed by atoms with E-state index in [2.05, 4.69) is 36.6 Å². The Kier molecular flexibility index (Phi) is 8.25. The van der Waals surface area contributed by atoms with Gasteiger partial charge in [0.2, 0.25) is 0 Å². The Labute approximate surface area is 252 Å². The van der Waals surface area contributed by atoms with Gasteiger partial charge in [0, 0.05) is 27.4 Å². The Bertz CT molecular complexity index is 1550. The molecule has 9 heteroatoms. The van der Waals surface area contributed by atoms with Crippen molar-refractivity contribution < 1.29 is 4.79 Å². The summed E-state index contributed by atoms with van der Waals surface area (Å²) in [6.07, 6.45) is 0.288. The Hall–Kier alpha value is -2.27. The third kappa shape index (κ3) is 5.16. The second kappa shape index (κ2) is 11.2. The summed E-state index contributed by atoms with van der Waals surface area (Å²) < 4.78 is 2.46. The number of carbonyl (C=O) groups excluding carboxylic acids is 1. The van der Waals surface area contributed by atoms with Gasteiger partial charge in [0.15, 0.2) is 11.6 Å². The van der Waals surface area contributed by atoms with Gasteiger partial charge >= 0.3 is 51.4 Å². The number of halogens is 1. The van der Waals surface area contributed by atoms with E-state index in [0.29, 0.717) is 16.9 Å². The molecule has 0 fully saturated rings. The molecule has 0 saturated carbocycles. The fourth-order valence-electron chi connectivity index (χ4n) is 4.16. The van der Waals surface area contributed by atoms with Crippen LogP contribution in [0.1, 0.15) is 29.4 Å². The van der Waals surface area contributed by atoms with E-state index in [-0.39, 0.29) is 75.7 Å². The average Bonchev–Trinajstić information content (AvgIpc) is 3.41. The first-order valence-electron chi connectivity index (χ1n) is 10.8. The number of rotatable bonds is 6. The Balaban J connectivity index is 0.00000289. The number of hydrogen-bond donors (Lipinski definition) is 1. The minimum absolute atomic E-state index is 0.